The number of carbonyl (C=O) groups is 2. The molecule has 10 heteroatoms. The highest BCUT2D eigenvalue weighted by molar-refractivity contribution is 7.89. The van der Waals surface area contributed by atoms with Crippen LogP contribution in [0.25, 0.3) is 0 Å². The van der Waals surface area contributed by atoms with Crippen LogP contribution < -0.4 is 10.6 Å². The minimum absolute atomic E-state index is 0.00183. The number of anilines is 1. The largest absolute Gasteiger partial charge is 0.376 e. The smallest absolute Gasteiger partial charge is 0.253 e. The summed E-state index contributed by atoms with van der Waals surface area (Å²) in [6.45, 7) is 1.40. The molecular weight excluding hydrogens is 461 g/mol. The average molecular weight is 490 g/mol. The summed E-state index contributed by atoms with van der Waals surface area (Å²) in [7, 11) is -3.84. The molecule has 0 spiro atoms. The molecule has 34 heavy (non-hydrogen) atoms. The van der Waals surface area contributed by atoms with E-state index in [1.54, 1.807) is 24.3 Å². The number of benzene rings is 2. The molecule has 2 aromatic rings. The van der Waals surface area contributed by atoms with Gasteiger partial charge >= 0.3 is 0 Å². The number of nitrogens with zero attached hydrogens (tertiary/aromatic N) is 1. The maximum absolute atomic E-state index is 13.2. The van der Waals surface area contributed by atoms with Crippen LogP contribution in [0.15, 0.2) is 53.4 Å². The van der Waals surface area contributed by atoms with Crippen LogP contribution in [-0.4, -0.2) is 56.9 Å². The van der Waals surface area contributed by atoms with Crippen molar-refractivity contribution < 1.29 is 27.1 Å². The van der Waals surface area contributed by atoms with Gasteiger partial charge in [0.25, 0.3) is 5.91 Å². The maximum atomic E-state index is 13.2. The number of nitrogens with one attached hydrogen (secondary N) is 2. The fourth-order valence-electron chi connectivity index (χ4n) is 4.26. The first kappa shape index (κ1) is 24.3. The zero-order chi connectivity index (χ0) is 24.1. The van der Waals surface area contributed by atoms with Gasteiger partial charge in [-0.15, -0.1) is 0 Å². The number of amides is 2. The molecule has 4 rings (SSSR count). The summed E-state index contributed by atoms with van der Waals surface area (Å²) in [6, 6.07) is 11.4. The molecule has 2 aromatic carbocycles. The van der Waals surface area contributed by atoms with E-state index in [-0.39, 0.29) is 35.9 Å². The third-order valence-corrected chi connectivity index (χ3v) is 8.03. The number of hydrogen-bond donors (Lipinski definition) is 2. The molecule has 0 aromatic heterocycles. The first-order valence-corrected chi connectivity index (χ1v) is 12.8. The topological polar surface area (TPSA) is 105 Å². The zero-order valence-corrected chi connectivity index (χ0v) is 19.5. The van der Waals surface area contributed by atoms with E-state index in [0.717, 1.165) is 25.0 Å². The number of sulfonamides is 1. The number of piperidine rings is 1. The van der Waals surface area contributed by atoms with Gasteiger partial charge in [0.05, 0.1) is 28.2 Å². The zero-order valence-electron chi connectivity index (χ0n) is 18.7. The van der Waals surface area contributed by atoms with E-state index in [2.05, 4.69) is 10.6 Å². The van der Waals surface area contributed by atoms with Crippen molar-refractivity contribution in [3.05, 3.63) is 59.9 Å². The molecule has 2 aliphatic heterocycles. The standard InChI is InChI=1S/C24H28FN3O5S/c25-18-9-11-20(12-10-18)34(31,32)28-13-3-5-17(16-28)23(29)27-22-8-2-1-7-21(22)24(30)26-15-19-6-4-14-33-19/h1-2,7-12,17,19H,3-6,13-16H2,(H,26,30)(H,27,29)/t17-,19-/m0/s1. The predicted octanol–water partition coefficient (Wildman–Crippen LogP) is 2.77. The molecule has 2 heterocycles. The van der Waals surface area contributed by atoms with E-state index in [1.165, 1.54) is 16.4 Å². The number of halogens is 1. The normalized spacial score (nSPS) is 21.2. The van der Waals surface area contributed by atoms with Gasteiger partial charge in [0.1, 0.15) is 5.82 Å². The molecular formula is C24H28FN3O5S. The summed E-state index contributed by atoms with van der Waals surface area (Å²) in [5.41, 5.74) is 0.705. The van der Waals surface area contributed by atoms with E-state index in [1.807, 2.05) is 0 Å². The van der Waals surface area contributed by atoms with Gasteiger partial charge in [0, 0.05) is 26.2 Å². The van der Waals surface area contributed by atoms with E-state index in [9.17, 15) is 22.4 Å². The number of para-hydroxylation sites is 1. The van der Waals surface area contributed by atoms with Crippen LogP contribution in [0.1, 0.15) is 36.0 Å². The van der Waals surface area contributed by atoms with Crippen molar-refractivity contribution in [2.75, 3.05) is 31.6 Å². The molecule has 2 aliphatic rings. The third kappa shape index (κ3) is 5.63. The van der Waals surface area contributed by atoms with Gasteiger partial charge in [0.2, 0.25) is 15.9 Å². The Morgan fingerprint density at radius 1 is 1.06 bits per heavy atom. The third-order valence-electron chi connectivity index (χ3n) is 6.15. The molecule has 182 valence electrons. The summed E-state index contributed by atoms with van der Waals surface area (Å²) in [6.07, 6.45) is 2.92. The van der Waals surface area contributed by atoms with Crippen molar-refractivity contribution in [2.45, 2.75) is 36.7 Å². The summed E-state index contributed by atoms with van der Waals surface area (Å²) in [5.74, 6) is -1.76. The van der Waals surface area contributed by atoms with Crippen molar-refractivity contribution in [1.29, 1.82) is 0 Å². The fraction of sp³-hybridized carbons (Fsp3) is 0.417. The Hall–Kier alpha value is -2.82. The van der Waals surface area contributed by atoms with Crippen LogP contribution >= 0.6 is 0 Å². The number of carbonyl (C=O) groups excluding carboxylic acids is 2. The molecule has 8 nitrogen and oxygen atoms in total. The van der Waals surface area contributed by atoms with Gasteiger partial charge in [-0.25, -0.2) is 12.8 Å². The fourth-order valence-corrected chi connectivity index (χ4v) is 5.79. The molecule has 0 unspecified atom stereocenters. The summed E-state index contributed by atoms with van der Waals surface area (Å²) in [4.78, 5) is 25.7. The summed E-state index contributed by atoms with van der Waals surface area (Å²) >= 11 is 0. The lowest BCUT2D eigenvalue weighted by Gasteiger charge is -2.31. The minimum atomic E-state index is -3.84. The van der Waals surface area contributed by atoms with Crippen LogP contribution in [-0.2, 0) is 19.6 Å². The second-order valence-electron chi connectivity index (χ2n) is 8.54. The second kappa shape index (κ2) is 10.6. The molecule has 2 atom stereocenters. The Balaban J connectivity index is 1.41. The molecule has 0 radical (unpaired) electrons. The van der Waals surface area contributed by atoms with Crippen LogP contribution in [0, 0.1) is 11.7 Å². The van der Waals surface area contributed by atoms with Crippen molar-refractivity contribution in [3.8, 4) is 0 Å². The van der Waals surface area contributed by atoms with E-state index in [0.29, 0.717) is 37.2 Å². The Kier molecular flexibility index (Phi) is 7.60. The average Bonchev–Trinajstić information content (AvgIpc) is 3.37. The predicted molar refractivity (Wildman–Crippen MR) is 124 cm³/mol. The molecule has 0 bridgehead atoms. The van der Waals surface area contributed by atoms with Gasteiger partial charge in [-0.2, -0.15) is 4.31 Å². The lowest BCUT2D eigenvalue weighted by molar-refractivity contribution is -0.120. The monoisotopic (exact) mass is 489 g/mol. The van der Waals surface area contributed by atoms with Gasteiger partial charge in [-0.3, -0.25) is 9.59 Å². The van der Waals surface area contributed by atoms with Crippen molar-refractivity contribution in [2.24, 2.45) is 5.92 Å². The first-order valence-electron chi connectivity index (χ1n) is 11.4. The second-order valence-corrected chi connectivity index (χ2v) is 10.5. The molecule has 2 fully saturated rings. The highest BCUT2D eigenvalue weighted by Gasteiger charge is 2.33. The lowest BCUT2D eigenvalue weighted by atomic mass is 9.98. The SMILES string of the molecule is O=C(NC[C@@H]1CCCO1)c1ccccc1NC(=O)[C@H]1CCCN(S(=O)(=O)c2ccc(F)cc2)C1. The lowest BCUT2D eigenvalue weighted by Crippen LogP contribution is -2.43. The highest BCUT2D eigenvalue weighted by atomic mass is 32.2. The van der Waals surface area contributed by atoms with Crippen LogP contribution in [0.4, 0.5) is 10.1 Å². The number of hydrogen-bond acceptors (Lipinski definition) is 5. The quantitative estimate of drug-likeness (QED) is 0.622. The molecule has 0 saturated carbocycles. The maximum Gasteiger partial charge on any atom is 0.253 e. The molecule has 0 aliphatic carbocycles. The van der Waals surface area contributed by atoms with Crippen LogP contribution in [0.5, 0.6) is 0 Å². The number of ether oxygens (including phenoxy) is 1. The molecule has 2 N–H and O–H groups in total. The van der Waals surface area contributed by atoms with Gasteiger partial charge in [-0.05, 0) is 62.1 Å². The minimum Gasteiger partial charge on any atom is -0.376 e. The van der Waals surface area contributed by atoms with E-state index < -0.39 is 21.8 Å². The van der Waals surface area contributed by atoms with Crippen molar-refractivity contribution >= 4 is 27.5 Å². The van der Waals surface area contributed by atoms with Crippen LogP contribution in [0.3, 0.4) is 0 Å². The van der Waals surface area contributed by atoms with E-state index >= 15 is 0 Å². The molecule has 2 amide bonds. The molecule has 2 saturated heterocycles. The Labute approximate surface area is 198 Å². The first-order chi connectivity index (χ1) is 16.3. The Bertz CT molecular complexity index is 1130. The summed E-state index contributed by atoms with van der Waals surface area (Å²) < 4.78 is 45.9. The van der Waals surface area contributed by atoms with Crippen molar-refractivity contribution in [1.82, 2.24) is 9.62 Å². The summed E-state index contributed by atoms with van der Waals surface area (Å²) in [5, 5.41) is 5.66. The van der Waals surface area contributed by atoms with Gasteiger partial charge < -0.3 is 15.4 Å². The van der Waals surface area contributed by atoms with Gasteiger partial charge in [-0.1, -0.05) is 12.1 Å². The van der Waals surface area contributed by atoms with Gasteiger partial charge in [0.15, 0.2) is 0 Å². The Morgan fingerprint density at radius 2 is 1.82 bits per heavy atom. The number of rotatable bonds is 7. The Morgan fingerprint density at radius 3 is 2.56 bits per heavy atom. The highest BCUT2D eigenvalue weighted by Crippen LogP contribution is 2.26. The van der Waals surface area contributed by atoms with Crippen LogP contribution in [0.2, 0.25) is 0 Å². The van der Waals surface area contributed by atoms with E-state index in [4.69, 9.17) is 4.74 Å². The van der Waals surface area contributed by atoms with Crippen molar-refractivity contribution in [3.63, 3.8) is 0 Å².